The Bertz CT molecular complexity index is 1020. The molecule has 2 aliphatic rings. The van der Waals surface area contributed by atoms with Gasteiger partial charge < -0.3 is 28.4 Å². The summed E-state index contributed by atoms with van der Waals surface area (Å²) in [7, 11) is 0. The number of aliphatic imine (C=N–C) groups is 1. The number of fused-ring (bicyclic) bond motifs is 1. The van der Waals surface area contributed by atoms with E-state index in [2.05, 4.69) is 4.99 Å². The zero-order valence-corrected chi connectivity index (χ0v) is 22.2. The maximum absolute atomic E-state index is 14.1. The number of hydrogen-bond donors (Lipinski definition) is 0. The first-order chi connectivity index (χ1) is 18.9. The molecule has 0 radical (unpaired) electrons. The van der Waals surface area contributed by atoms with Crippen LogP contribution < -0.4 is 0 Å². The highest BCUT2D eigenvalue weighted by molar-refractivity contribution is 5.84. The van der Waals surface area contributed by atoms with E-state index < -0.39 is 49.1 Å². The van der Waals surface area contributed by atoms with E-state index in [-0.39, 0.29) is 12.3 Å². The molecule has 0 bridgehead atoms. The Morgan fingerprint density at radius 2 is 1.49 bits per heavy atom. The van der Waals surface area contributed by atoms with E-state index in [1.165, 1.54) is 12.1 Å². The minimum atomic E-state index is -4.86. The van der Waals surface area contributed by atoms with E-state index in [9.17, 15) is 13.2 Å². The van der Waals surface area contributed by atoms with Gasteiger partial charge in [-0.2, -0.15) is 13.2 Å². The van der Waals surface area contributed by atoms with Crippen molar-refractivity contribution in [3.05, 3.63) is 66.2 Å². The normalized spacial score (nSPS) is 27.7. The lowest BCUT2D eigenvalue weighted by atomic mass is 9.97. The van der Waals surface area contributed by atoms with Gasteiger partial charge in [0.25, 0.3) is 5.90 Å². The predicted octanol–water partition coefficient (Wildman–Crippen LogP) is 6.51. The molecule has 7 nitrogen and oxygen atoms in total. The Morgan fingerprint density at radius 1 is 0.872 bits per heavy atom. The third kappa shape index (κ3) is 8.02. The molecule has 214 valence electrons. The van der Waals surface area contributed by atoms with Crippen molar-refractivity contribution in [2.75, 3.05) is 19.8 Å². The van der Waals surface area contributed by atoms with E-state index in [4.69, 9.17) is 28.4 Å². The zero-order valence-electron chi connectivity index (χ0n) is 22.2. The van der Waals surface area contributed by atoms with Crippen LogP contribution in [0.5, 0.6) is 0 Å². The highest BCUT2D eigenvalue weighted by Crippen LogP contribution is 2.38. The molecule has 2 fully saturated rings. The van der Waals surface area contributed by atoms with E-state index >= 15 is 0 Å². The number of benzene rings is 2. The lowest BCUT2D eigenvalue weighted by molar-refractivity contribution is -0.362. The minimum Gasteiger partial charge on any atom is -0.441 e. The van der Waals surface area contributed by atoms with Gasteiger partial charge >= 0.3 is 6.18 Å². The Hall–Kier alpha value is -2.50. The number of ether oxygens (including phenoxy) is 6. The number of nitrogens with zero attached hydrogens (tertiary/aromatic N) is 1. The summed E-state index contributed by atoms with van der Waals surface area (Å²) in [5, 5.41) is 0. The Balaban J connectivity index is 1.63. The van der Waals surface area contributed by atoms with Gasteiger partial charge in [-0.05, 0) is 25.0 Å². The first-order valence-corrected chi connectivity index (χ1v) is 13.5. The summed E-state index contributed by atoms with van der Waals surface area (Å²) < 4.78 is 78.4. The van der Waals surface area contributed by atoms with Crippen LogP contribution in [0.4, 0.5) is 18.9 Å². The maximum Gasteiger partial charge on any atom is 0.468 e. The molecule has 0 aliphatic carbocycles. The summed E-state index contributed by atoms with van der Waals surface area (Å²) in [5.74, 6) is -1.42. The van der Waals surface area contributed by atoms with E-state index in [0.29, 0.717) is 19.6 Å². The highest BCUT2D eigenvalue weighted by atomic mass is 19.4. The number of rotatable bonds is 11. The van der Waals surface area contributed by atoms with Gasteiger partial charge in [0.1, 0.15) is 24.4 Å². The fourth-order valence-electron chi connectivity index (χ4n) is 4.40. The number of halogens is 3. The Morgan fingerprint density at radius 3 is 2.10 bits per heavy atom. The first kappa shape index (κ1) is 29.5. The molecule has 0 saturated carbocycles. The van der Waals surface area contributed by atoms with Crippen molar-refractivity contribution in [2.24, 2.45) is 4.99 Å². The number of unbranched alkanes of at least 4 members (excludes halogenated alkanes) is 2. The maximum atomic E-state index is 14.1. The molecule has 0 spiro atoms. The second-order valence-corrected chi connectivity index (χ2v) is 9.47. The van der Waals surface area contributed by atoms with Gasteiger partial charge in [-0.3, -0.25) is 0 Å². The molecule has 39 heavy (non-hydrogen) atoms. The van der Waals surface area contributed by atoms with Gasteiger partial charge in [0.2, 0.25) is 6.29 Å². The third-order valence-corrected chi connectivity index (χ3v) is 6.43. The highest BCUT2D eigenvalue weighted by Gasteiger charge is 2.54. The van der Waals surface area contributed by atoms with Gasteiger partial charge in [-0.15, -0.1) is 0 Å². The Labute approximate surface area is 227 Å². The van der Waals surface area contributed by atoms with Crippen LogP contribution >= 0.6 is 0 Å². The molecular weight excluding hydrogens is 515 g/mol. The van der Waals surface area contributed by atoms with Crippen molar-refractivity contribution in [3.8, 4) is 0 Å². The van der Waals surface area contributed by atoms with Crippen LogP contribution in [0.15, 0.2) is 65.7 Å². The standard InChI is InChI=1S/C29H36F3NO6/c1-3-5-17-34-24-23-22(19-36-26(38-23)20-13-9-7-10-14-20)37-27(25(24)35-18-6-4-2)39-28(29(30,31)32)33-21-15-11-8-12-16-21/h7-16,22-27H,3-6,17-19H2,1-2H3/b33-28+/t22?,23-,24?,25-,26?,27-/m0/s1. The minimum absolute atomic E-state index is 0.0799. The molecule has 0 amide bonds. The fourth-order valence-corrected chi connectivity index (χ4v) is 4.40. The molecule has 4 rings (SSSR count). The van der Waals surface area contributed by atoms with Crippen molar-refractivity contribution >= 4 is 11.6 Å². The smallest absolute Gasteiger partial charge is 0.441 e. The van der Waals surface area contributed by atoms with Crippen molar-refractivity contribution in [1.29, 1.82) is 0 Å². The van der Waals surface area contributed by atoms with Gasteiger partial charge in [0.15, 0.2) is 6.29 Å². The topological polar surface area (TPSA) is 67.7 Å². The molecule has 6 atom stereocenters. The SMILES string of the molecule is CCCCOC1[C@H]2OC(c3ccccc3)OCC2O[C@@H](O/C(=N/c2ccccc2)C(F)(F)F)[C@H]1OCCCC. The molecule has 2 aliphatic heterocycles. The van der Waals surface area contributed by atoms with Crippen LogP contribution in [0.25, 0.3) is 0 Å². The summed E-state index contributed by atoms with van der Waals surface area (Å²) in [6.45, 7) is 4.79. The lowest BCUT2D eigenvalue weighted by Crippen LogP contribution is -2.64. The van der Waals surface area contributed by atoms with Crippen LogP contribution in [-0.2, 0) is 28.4 Å². The van der Waals surface area contributed by atoms with Crippen molar-refractivity contribution in [3.63, 3.8) is 0 Å². The Kier molecular flexibility index (Phi) is 10.8. The summed E-state index contributed by atoms with van der Waals surface area (Å²) in [4.78, 5) is 3.74. The summed E-state index contributed by atoms with van der Waals surface area (Å²) in [6.07, 6.45) is -6.90. The second-order valence-electron chi connectivity index (χ2n) is 9.47. The van der Waals surface area contributed by atoms with E-state index in [1.807, 2.05) is 44.2 Å². The van der Waals surface area contributed by atoms with Crippen LogP contribution in [0.2, 0.25) is 0 Å². The average Bonchev–Trinajstić information content (AvgIpc) is 2.94. The van der Waals surface area contributed by atoms with Crippen LogP contribution in [0.3, 0.4) is 0 Å². The van der Waals surface area contributed by atoms with Crippen molar-refractivity contribution < 1.29 is 41.6 Å². The molecule has 3 unspecified atom stereocenters. The fraction of sp³-hybridized carbons (Fsp3) is 0.552. The molecule has 2 aromatic rings. The predicted molar refractivity (Wildman–Crippen MR) is 139 cm³/mol. The summed E-state index contributed by atoms with van der Waals surface area (Å²) in [5.41, 5.74) is 0.923. The first-order valence-electron chi connectivity index (χ1n) is 13.5. The largest absolute Gasteiger partial charge is 0.468 e. The van der Waals surface area contributed by atoms with Crippen molar-refractivity contribution in [2.45, 2.75) is 82.7 Å². The zero-order chi connectivity index (χ0) is 27.7. The monoisotopic (exact) mass is 551 g/mol. The second kappa shape index (κ2) is 14.2. The van der Waals surface area contributed by atoms with Gasteiger partial charge in [0, 0.05) is 18.8 Å². The number of hydrogen-bond acceptors (Lipinski definition) is 7. The van der Waals surface area contributed by atoms with Gasteiger partial charge in [0.05, 0.1) is 12.3 Å². The summed E-state index contributed by atoms with van der Waals surface area (Å²) >= 11 is 0. The van der Waals surface area contributed by atoms with Crippen LogP contribution in [0.1, 0.15) is 51.4 Å². The quantitative estimate of drug-likeness (QED) is 0.180. The molecule has 2 aromatic carbocycles. The van der Waals surface area contributed by atoms with Crippen molar-refractivity contribution in [1.82, 2.24) is 0 Å². The van der Waals surface area contributed by atoms with E-state index in [0.717, 1.165) is 24.8 Å². The lowest BCUT2D eigenvalue weighted by Gasteiger charge is -2.48. The molecule has 0 aromatic heterocycles. The van der Waals surface area contributed by atoms with Crippen LogP contribution in [0, 0.1) is 0 Å². The molecule has 10 heteroatoms. The van der Waals surface area contributed by atoms with Crippen LogP contribution in [-0.4, -0.2) is 62.6 Å². The van der Waals surface area contributed by atoms with Gasteiger partial charge in [-0.25, -0.2) is 4.99 Å². The average molecular weight is 552 g/mol. The number of para-hydroxylation sites is 1. The van der Waals surface area contributed by atoms with Gasteiger partial charge in [-0.1, -0.05) is 75.2 Å². The number of alkyl halides is 3. The molecule has 2 heterocycles. The molecular formula is C29H36F3NO6. The van der Waals surface area contributed by atoms with E-state index in [1.54, 1.807) is 18.2 Å². The molecule has 2 saturated heterocycles. The molecule has 0 N–H and O–H groups in total. The third-order valence-electron chi connectivity index (χ3n) is 6.43. The summed E-state index contributed by atoms with van der Waals surface area (Å²) in [6, 6.07) is 17.3.